The summed E-state index contributed by atoms with van der Waals surface area (Å²) in [5.41, 5.74) is 0. The standard InChI is InChI=1S/C52H93N5O18S2/c1-31-24-38(45(66)47(68)44(31)65)73-49-37(74-52-48(69)50(46(67)40(27-59)75-52)72-21-17-33-12-5-4-6-13-33)18-22-71-39(49)25-56-41(62)16-11-23-76-29-42(63)54-20-10-8-15-36(53-3)51(70)57-35(32(2)60)14-7-9-19-55-43(64)30-77-28-34(61)26-58/h31,33-40,44-50,52-53,58-59,61,65-69H,4-30H2,1-3H3,(H,54,63)(H,55,64)(H,56,62)(H,57,70). The first-order valence-corrected chi connectivity index (χ1v) is 30.2. The average molecular weight is 1140 g/mol. The fourth-order valence-electron chi connectivity index (χ4n) is 10.2. The number of rotatable bonds is 36. The molecule has 2 saturated heterocycles. The van der Waals surface area contributed by atoms with E-state index >= 15 is 0 Å². The highest BCUT2D eigenvalue weighted by atomic mass is 32.2. The predicted octanol–water partition coefficient (Wildman–Crippen LogP) is -1.22. The van der Waals surface area contributed by atoms with Crippen molar-refractivity contribution < 1.29 is 88.5 Å². The summed E-state index contributed by atoms with van der Waals surface area (Å²) in [6, 6.07) is -1.20. The summed E-state index contributed by atoms with van der Waals surface area (Å²) in [6.45, 7) is 3.49. The van der Waals surface area contributed by atoms with Gasteiger partial charge in [-0.25, -0.2) is 0 Å². The lowest BCUT2D eigenvalue weighted by molar-refractivity contribution is -0.335. The number of nitrogens with one attached hydrogen (secondary N) is 5. The molecular weight excluding hydrogens is 1050 g/mol. The summed E-state index contributed by atoms with van der Waals surface area (Å²) in [4.78, 5) is 63.0. The van der Waals surface area contributed by atoms with E-state index in [-0.39, 0.29) is 85.7 Å². The maximum atomic E-state index is 13.1. The van der Waals surface area contributed by atoms with Crippen LogP contribution in [-0.2, 0) is 47.7 Å². The third kappa shape index (κ3) is 23.6. The quantitative estimate of drug-likeness (QED) is 0.0327. The minimum absolute atomic E-state index is 0.0215. The number of carbonyl (C=O) groups is 5. The van der Waals surface area contributed by atoms with Crippen molar-refractivity contribution in [1.29, 1.82) is 0 Å². The molecule has 0 aromatic heterocycles. The number of aliphatic hydroxyl groups excluding tert-OH is 8. The lowest BCUT2D eigenvalue weighted by Gasteiger charge is -2.47. The summed E-state index contributed by atoms with van der Waals surface area (Å²) in [5, 5.41) is 97.5. The summed E-state index contributed by atoms with van der Waals surface area (Å²) in [7, 11) is 1.67. The van der Waals surface area contributed by atoms with Gasteiger partial charge in [0.15, 0.2) is 12.1 Å². The topological polar surface area (TPSA) is 353 Å². The maximum absolute atomic E-state index is 13.1. The first-order valence-electron chi connectivity index (χ1n) is 27.9. The first-order chi connectivity index (χ1) is 37.0. The number of likely N-dealkylation sites (N-methyl/N-ethyl adjacent to an activating group) is 1. The molecule has 16 unspecified atom stereocenters. The zero-order valence-corrected chi connectivity index (χ0v) is 47.0. The second kappa shape index (κ2) is 36.9. The van der Waals surface area contributed by atoms with E-state index in [0.717, 1.165) is 32.1 Å². The number of aliphatic hydroxyl groups is 8. The van der Waals surface area contributed by atoms with Gasteiger partial charge in [0, 0.05) is 45.0 Å². The number of carbonyl (C=O) groups excluding carboxylic acids is 5. The Bertz CT molecular complexity index is 1730. The van der Waals surface area contributed by atoms with Gasteiger partial charge in [-0.1, -0.05) is 39.0 Å². The van der Waals surface area contributed by atoms with E-state index < -0.39 is 104 Å². The Kier molecular flexibility index (Phi) is 32.2. The third-order valence-corrected chi connectivity index (χ3v) is 17.0. The van der Waals surface area contributed by atoms with Crippen molar-refractivity contribution in [1.82, 2.24) is 26.6 Å². The Balaban J connectivity index is 1.16. The van der Waals surface area contributed by atoms with Crippen LogP contribution in [0.15, 0.2) is 0 Å². The SMILES string of the molecule is CNC(CCCCNC(=O)CSCCCC(=O)NCC1OCCC(OC2OC(CO)C(O)C(OCCC3CCCCC3)C2O)C1OC1CC(C)C(O)C(O)C1O)C(=O)NC(CCCCNC(=O)CSCC(O)CO)C(C)=O. The van der Waals surface area contributed by atoms with Gasteiger partial charge < -0.3 is 91.1 Å². The number of hydrogen-bond acceptors (Lipinski definition) is 21. The molecule has 0 radical (unpaired) electrons. The molecule has 77 heavy (non-hydrogen) atoms. The minimum Gasteiger partial charge on any atom is -0.394 e. The Morgan fingerprint density at radius 2 is 1.39 bits per heavy atom. The Morgan fingerprint density at radius 3 is 2.04 bits per heavy atom. The van der Waals surface area contributed by atoms with Crippen LogP contribution in [-0.4, -0.2) is 238 Å². The molecule has 4 aliphatic rings. The lowest BCUT2D eigenvalue weighted by Crippen LogP contribution is -2.63. The summed E-state index contributed by atoms with van der Waals surface area (Å²) in [6.07, 6.45) is -4.00. The molecule has 13 N–H and O–H groups in total. The van der Waals surface area contributed by atoms with Crippen LogP contribution >= 0.6 is 23.5 Å². The molecule has 446 valence electrons. The molecule has 0 aromatic carbocycles. The van der Waals surface area contributed by atoms with Gasteiger partial charge in [-0.2, -0.15) is 11.8 Å². The second-order valence-corrected chi connectivity index (χ2v) is 23.2. The Morgan fingerprint density at radius 1 is 0.714 bits per heavy atom. The molecule has 2 saturated carbocycles. The molecule has 4 amide bonds. The predicted molar refractivity (Wildman–Crippen MR) is 288 cm³/mol. The highest BCUT2D eigenvalue weighted by Gasteiger charge is 2.50. The molecule has 4 fully saturated rings. The molecule has 2 aliphatic heterocycles. The zero-order chi connectivity index (χ0) is 56.3. The number of ketones is 1. The van der Waals surface area contributed by atoms with Gasteiger partial charge in [0.1, 0.15) is 48.8 Å². The van der Waals surface area contributed by atoms with Crippen molar-refractivity contribution in [2.45, 2.75) is 208 Å². The molecule has 0 spiro atoms. The van der Waals surface area contributed by atoms with Crippen LogP contribution < -0.4 is 26.6 Å². The third-order valence-electron chi connectivity index (χ3n) is 14.9. The van der Waals surface area contributed by atoms with Gasteiger partial charge in [-0.3, -0.25) is 24.0 Å². The number of ether oxygens (including phenoxy) is 5. The van der Waals surface area contributed by atoms with E-state index in [1.807, 2.05) is 0 Å². The van der Waals surface area contributed by atoms with Gasteiger partial charge in [-0.15, -0.1) is 11.8 Å². The number of Topliss-reactive ketones (excluding diaryl/α,β-unsaturated/α-hetero) is 1. The fraction of sp³-hybridized carbons (Fsp3) is 0.904. The second-order valence-electron chi connectivity index (χ2n) is 21.0. The van der Waals surface area contributed by atoms with Crippen LogP contribution in [0.2, 0.25) is 0 Å². The zero-order valence-electron chi connectivity index (χ0n) is 45.4. The van der Waals surface area contributed by atoms with Crippen molar-refractivity contribution in [3.05, 3.63) is 0 Å². The van der Waals surface area contributed by atoms with E-state index in [4.69, 9.17) is 28.8 Å². The van der Waals surface area contributed by atoms with E-state index in [0.29, 0.717) is 76.3 Å². The van der Waals surface area contributed by atoms with Crippen molar-refractivity contribution >= 4 is 52.9 Å². The number of amides is 4. The molecule has 0 aromatic rings. The fourth-order valence-corrected chi connectivity index (χ4v) is 11.7. The molecule has 16 atom stereocenters. The largest absolute Gasteiger partial charge is 0.394 e. The number of thioether (sulfide) groups is 2. The molecule has 2 aliphatic carbocycles. The lowest BCUT2D eigenvalue weighted by atomic mass is 9.81. The van der Waals surface area contributed by atoms with Gasteiger partial charge in [-0.05, 0) is 95.8 Å². The van der Waals surface area contributed by atoms with E-state index in [1.165, 1.54) is 36.9 Å². The average Bonchev–Trinajstić information content (AvgIpc) is 3.41. The molecule has 2 heterocycles. The van der Waals surface area contributed by atoms with Crippen LogP contribution in [0.1, 0.15) is 117 Å². The van der Waals surface area contributed by atoms with Gasteiger partial charge in [0.25, 0.3) is 0 Å². The van der Waals surface area contributed by atoms with Crippen LogP contribution in [0.5, 0.6) is 0 Å². The monoisotopic (exact) mass is 1140 g/mol. The van der Waals surface area contributed by atoms with Gasteiger partial charge in [0.2, 0.25) is 23.6 Å². The van der Waals surface area contributed by atoms with Gasteiger partial charge >= 0.3 is 0 Å². The van der Waals surface area contributed by atoms with Crippen molar-refractivity contribution in [2.75, 3.05) is 76.1 Å². The number of hydrogen-bond donors (Lipinski definition) is 13. The van der Waals surface area contributed by atoms with Crippen LogP contribution in [0.3, 0.4) is 0 Å². The highest BCUT2D eigenvalue weighted by Crippen LogP contribution is 2.34. The van der Waals surface area contributed by atoms with E-state index in [2.05, 4.69) is 26.6 Å². The smallest absolute Gasteiger partial charge is 0.237 e. The highest BCUT2D eigenvalue weighted by molar-refractivity contribution is 8.00. The van der Waals surface area contributed by atoms with Crippen LogP contribution in [0, 0.1) is 11.8 Å². The first kappa shape index (κ1) is 67.2. The Labute approximate surface area is 462 Å². The van der Waals surface area contributed by atoms with Crippen LogP contribution in [0.25, 0.3) is 0 Å². The van der Waals surface area contributed by atoms with Gasteiger partial charge in [0.05, 0.1) is 61.2 Å². The normalized spacial score (nSPS) is 30.2. The molecule has 4 rings (SSSR count). The summed E-state index contributed by atoms with van der Waals surface area (Å²) in [5.74, 6) is 0.121. The van der Waals surface area contributed by atoms with E-state index in [9.17, 15) is 59.7 Å². The number of unbranched alkanes of at least 4 members (excludes halogenated alkanes) is 2. The summed E-state index contributed by atoms with van der Waals surface area (Å²) >= 11 is 2.61. The van der Waals surface area contributed by atoms with Crippen LogP contribution in [0.4, 0.5) is 0 Å². The van der Waals surface area contributed by atoms with Crippen molar-refractivity contribution in [2.24, 2.45) is 11.8 Å². The van der Waals surface area contributed by atoms with Crippen molar-refractivity contribution in [3.63, 3.8) is 0 Å². The molecule has 23 nitrogen and oxygen atoms in total. The summed E-state index contributed by atoms with van der Waals surface area (Å²) < 4.78 is 31.0. The molecule has 25 heteroatoms. The maximum Gasteiger partial charge on any atom is 0.237 e. The van der Waals surface area contributed by atoms with E-state index in [1.54, 1.807) is 14.0 Å². The minimum atomic E-state index is -1.48. The molecular formula is C52H93N5O18S2. The molecule has 0 bridgehead atoms. The Hall–Kier alpha value is -2.31. The van der Waals surface area contributed by atoms with Crippen molar-refractivity contribution in [3.8, 4) is 0 Å².